The molecular weight excluding hydrogens is 328 g/mol. The second-order valence-corrected chi connectivity index (χ2v) is 6.77. The van der Waals surface area contributed by atoms with E-state index in [4.69, 9.17) is 0 Å². The van der Waals surface area contributed by atoms with E-state index in [1.807, 2.05) is 60.7 Å². The largest absolute Gasteiger partial charge is 0.388 e. The van der Waals surface area contributed by atoms with Crippen LogP contribution in [0.2, 0.25) is 0 Å². The fourth-order valence-electron chi connectivity index (χ4n) is 3.58. The molecule has 4 rings (SSSR count). The van der Waals surface area contributed by atoms with Crippen LogP contribution in [0.25, 0.3) is 11.1 Å². The first-order valence-corrected chi connectivity index (χ1v) is 9.35. The highest BCUT2D eigenvalue weighted by Crippen LogP contribution is 2.34. The molecule has 0 aliphatic heterocycles. The maximum atomic E-state index is 10.5. The minimum atomic E-state index is -0.472. The van der Waals surface area contributed by atoms with Crippen molar-refractivity contribution in [2.24, 2.45) is 5.92 Å². The first-order chi connectivity index (χ1) is 13.3. The second kappa shape index (κ2) is 8.05. The van der Waals surface area contributed by atoms with Gasteiger partial charge >= 0.3 is 0 Å². The molecule has 0 saturated heterocycles. The molecule has 0 amide bonds. The van der Waals surface area contributed by atoms with E-state index in [0.29, 0.717) is 0 Å². The van der Waals surface area contributed by atoms with E-state index in [-0.39, 0.29) is 5.92 Å². The van der Waals surface area contributed by atoms with Gasteiger partial charge in [-0.1, -0.05) is 103 Å². The lowest BCUT2D eigenvalue weighted by atomic mass is 9.87. The van der Waals surface area contributed by atoms with E-state index in [1.165, 1.54) is 0 Å². The van der Waals surface area contributed by atoms with Crippen LogP contribution in [0.15, 0.2) is 109 Å². The van der Waals surface area contributed by atoms with Crippen molar-refractivity contribution in [2.45, 2.75) is 12.5 Å². The van der Waals surface area contributed by atoms with Crippen LogP contribution < -0.4 is 0 Å². The van der Waals surface area contributed by atoms with Crippen molar-refractivity contribution in [1.82, 2.24) is 0 Å². The molecule has 0 bridgehead atoms. The average molecular weight is 350 g/mol. The van der Waals surface area contributed by atoms with Crippen molar-refractivity contribution in [2.75, 3.05) is 0 Å². The molecule has 0 aromatic heterocycles. The van der Waals surface area contributed by atoms with Crippen LogP contribution >= 0.6 is 0 Å². The lowest BCUT2D eigenvalue weighted by molar-refractivity contribution is 0.193. The van der Waals surface area contributed by atoms with Crippen LogP contribution in [0.4, 0.5) is 0 Å². The molecular formula is C26H22O. The molecule has 1 N–H and O–H groups in total. The fourth-order valence-corrected chi connectivity index (χ4v) is 3.58. The van der Waals surface area contributed by atoms with Crippen LogP contribution in [-0.4, -0.2) is 11.2 Å². The third kappa shape index (κ3) is 3.85. The lowest BCUT2D eigenvalue weighted by Crippen LogP contribution is -2.14. The van der Waals surface area contributed by atoms with Crippen molar-refractivity contribution in [1.29, 1.82) is 0 Å². The van der Waals surface area contributed by atoms with Crippen molar-refractivity contribution in [3.63, 3.8) is 0 Å². The van der Waals surface area contributed by atoms with E-state index in [0.717, 1.165) is 34.3 Å². The molecule has 3 aromatic carbocycles. The number of hydrogen-bond acceptors (Lipinski definition) is 1. The molecule has 1 heteroatoms. The summed E-state index contributed by atoms with van der Waals surface area (Å²) in [6.07, 6.45) is 4.31. The van der Waals surface area contributed by atoms with Crippen LogP contribution in [0.1, 0.15) is 23.1 Å². The fraction of sp³-hybridized carbons (Fsp3) is 0.115. The average Bonchev–Trinajstić information content (AvgIpc) is 3.16. The van der Waals surface area contributed by atoms with E-state index in [9.17, 15) is 5.11 Å². The van der Waals surface area contributed by atoms with Gasteiger partial charge in [0, 0.05) is 17.1 Å². The Morgan fingerprint density at radius 1 is 0.704 bits per heavy atom. The molecule has 0 radical (unpaired) electrons. The van der Waals surface area contributed by atoms with Gasteiger partial charge in [-0.2, -0.15) is 0 Å². The zero-order valence-electron chi connectivity index (χ0n) is 15.1. The summed E-state index contributed by atoms with van der Waals surface area (Å²) in [6.45, 7) is 0. The van der Waals surface area contributed by atoms with E-state index in [2.05, 4.69) is 48.2 Å². The molecule has 27 heavy (non-hydrogen) atoms. The molecule has 3 aromatic rings. The van der Waals surface area contributed by atoms with Gasteiger partial charge in [0.2, 0.25) is 0 Å². The quantitative estimate of drug-likeness (QED) is 0.470. The zero-order chi connectivity index (χ0) is 18.5. The normalized spacial score (nSPS) is 18.1. The number of benzene rings is 3. The van der Waals surface area contributed by atoms with Gasteiger partial charge in [-0.15, -0.1) is 5.73 Å². The number of allylic oxidation sites excluding steroid dienone is 1. The summed E-state index contributed by atoms with van der Waals surface area (Å²) in [5.74, 6) is 0.0230. The Labute approximate surface area is 160 Å². The number of hydrogen-bond donors (Lipinski definition) is 1. The molecule has 0 fully saturated rings. The molecule has 132 valence electrons. The van der Waals surface area contributed by atoms with Gasteiger partial charge in [0.1, 0.15) is 0 Å². The predicted molar refractivity (Wildman–Crippen MR) is 112 cm³/mol. The first-order valence-electron chi connectivity index (χ1n) is 9.35. The minimum absolute atomic E-state index is 0.0230. The molecule has 0 saturated carbocycles. The summed E-state index contributed by atoms with van der Waals surface area (Å²) in [7, 11) is 0. The summed E-state index contributed by atoms with van der Waals surface area (Å²) < 4.78 is 0. The maximum Gasteiger partial charge on any atom is 0.0798 e. The van der Waals surface area contributed by atoms with E-state index < -0.39 is 6.10 Å². The van der Waals surface area contributed by atoms with Crippen molar-refractivity contribution >= 4 is 11.1 Å². The van der Waals surface area contributed by atoms with Crippen LogP contribution in [-0.2, 0) is 0 Å². The van der Waals surface area contributed by atoms with Gasteiger partial charge in [-0.3, -0.25) is 0 Å². The summed E-state index contributed by atoms with van der Waals surface area (Å²) in [5.41, 5.74) is 9.16. The van der Waals surface area contributed by atoms with E-state index in [1.54, 1.807) is 0 Å². The van der Waals surface area contributed by atoms with Gasteiger partial charge in [0.25, 0.3) is 0 Å². The van der Waals surface area contributed by atoms with Gasteiger partial charge < -0.3 is 5.11 Å². The third-order valence-electron chi connectivity index (χ3n) is 4.98. The first kappa shape index (κ1) is 17.3. The van der Waals surface area contributed by atoms with Crippen LogP contribution in [0.5, 0.6) is 0 Å². The Kier molecular flexibility index (Phi) is 5.16. The molecule has 0 spiro atoms. The van der Waals surface area contributed by atoms with Gasteiger partial charge in [-0.25, -0.2) is 0 Å². The summed E-state index contributed by atoms with van der Waals surface area (Å²) in [4.78, 5) is 0. The third-order valence-corrected chi connectivity index (χ3v) is 4.98. The van der Waals surface area contributed by atoms with Gasteiger partial charge in [0.05, 0.1) is 6.10 Å². The number of rotatable bonds is 4. The Bertz CT molecular complexity index is 937. The summed E-state index contributed by atoms with van der Waals surface area (Å²) >= 11 is 0. The monoisotopic (exact) mass is 350 g/mol. The van der Waals surface area contributed by atoms with Gasteiger partial charge in [0.15, 0.2) is 0 Å². The van der Waals surface area contributed by atoms with Crippen LogP contribution in [0.3, 0.4) is 0 Å². The highest BCUT2D eigenvalue weighted by Gasteiger charge is 2.25. The molecule has 2 atom stereocenters. The zero-order valence-corrected chi connectivity index (χ0v) is 15.1. The number of aliphatic hydroxyl groups excluding tert-OH is 1. The SMILES string of the molecule is O[C@@H]1C=CC[C@H]1C(=C=C(c1ccccc1)c1ccccc1)c1ccccc1. The highest BCUT2D eigenvalue weighted by molar-refractivity contribution is 5.84. The Balaban J connectivity index is 1.98. The molecule has 1 nitrogen and oxygen atoms in total. The smallest absolute Gasteiger partial charge is 0.0798 e. The standard InChI is InChI=1S/C26H22O/c27-26-18-10-17-23(26)25(22-15-8-3-9-16-22)19-24(20-11-4-1-5-12-20)21-13-6-2-7-14-21/h1-16,18,23,26-27H,17H2/t23-,26+/m0/s1. The second-order valence-electron chi connectivity index (χ2n) is 6.77. The summed E-state index contributed by atoms with van der Waals surface area (Å²) in [5, 5.41) is 10.5. The molecule has 0 unspecified atom stereocenters. The lowest BCUT2D eigenvalue weighted by Gasteiger charge is -2.18. The van der Waals surface area contributed by atoms with Gasteiger partial charge in [-0.05, 0) is 23.1 Å². The molecule has 1 aliphatic carbocycles. The predicted octanol–water partition coefficient (Wildman–Crippen LogP) is 5.74. The molecule has 0 heterocycles. The number of aliphatic hydroxyl groups is 1. The van der Waals surface area contributed by atoms with Crippen molar-refractivity contribution < 1.29 is 5.11 Å². The maximum absolute atomic E-state index is 10.5. The van der Waals surface area contributed by atoms with E-state index >= 15 is 0 Å². The molecule has 1 aliphatic rings. The van der Waals surface area contributed by atoms with Crippen molar-refractivity contribution in [3.8, 4) is 0 Å². The Morgan fingerprint density at radius 2 is 1.19 bits per heavy atom. The minimum Gasteiger partial charge on any atom is -0.388 e. The Hall–Kier alpha value is -3.12. The summed E-state index contributed by atoms with van der Waals surface area (Å²) in [6, 6.07) is 31.0. The van der Waals surface area contributed by atoms with Crippen LogP contribution in [0, 0.1) is 5.92 Å². The van der Waals surface area contributed by atoms with Crippen molar-refractivity contribution in [3.05, 3.63) is 126 Å². The topological polar surface area (TPSA) is 20.2 Å². The Morgan fingerprint density at radius 3 is 1.63 bits per heavy atom. The highest BCUT2D eigenvalue weighted by atomic mass is 16.3.